The highest BCUT2D eigenvalue weighted by molar-refractivity contribution is 7.80. The van der Waals surface area contributed by atoms with Gasteiger partial charge >= 0.3 is 16.4 Å². The Balaban J connectivity index is 2.35. The highest BCUT2D eigenvalue weighted by Crippen LogP contribution is 2.26. The lowest BCUT2D eigenvalue weighted by Gasteiger charge is -2.41. The van der Waals surface area contributed by atoms with E-state index < -0.39 is 59.8 Å². The fourth-order valence-electron chi connectivity index (χ4n) is 7.91. The van der Waals surface area contributed by atoms with E-state index >= 15 is 0 Å². The Morgan fingerprint density at radius 1 is 0.576 bits per heavy atom. The van der Waals surface area contributed by atoms with Crippen molar-refractivity contribution in [3.8, 4) is 0 Å². The van der Waals surface area contributed by atoms with E-state index in [0.29, 0.717) is 13.0 Å². The number of unbranched alkanes of at least 4 members (excludes halogenated alkanes) is 25. The predicted octanol–water partition coefficient (Wildman–Crippen LogP) is 12.3. The van der Waals surface area contributed by atoms with Crippen molar-refractivity contribution in [1.29, 1.82) is 0 Å². The minimum absolute atomic E-state index is 0.0321. The van der Waals surface area contributed by atoms with Crippen molar-refractivity contribution in [3.05, 3.63) is 48.6 Å². The first kappa shape index (κ1) is 62.1. The molecule has 386 valence electrons. The lowest BCUT2D eigenvalue weighted by atomic mass is 9.99. The summed E-state index contributed by atoms with van der Waals surface area (Å²) in [5.74, 6) is -0.404. The summed E-state index contributed by atoms with van der Waals surface area (Å²) in [6.45, 7) is 3.95. The Labute approximate surface area is 402 Å². The molecule has 1 aliphatic rings. The van der Waals surface area contributed by atoms with Gasteiger partial charge in [0.1, 0.15) is 30.5 Å². The molecule has 0 amide bonds. The van der Waals surface area contributed by atoms with Gasteiger partial charge in [-0.1, -0.05) is 184 Å². The number of hydrogen-bond acceptors (Lipinski definition) is 11. The van der Waals surface area contributed by atoms with Crippen LogP contribution >= 0.6 is 0 Å². The van der Waals surface area contributed by atoms with E-state index in [-0.39, 0.29) is 19.6 Å². The molecule has 1 rings (SSSR count). The number of aliphatic hydroxyl groups is 3. The fraction of sp³-hybridized carbons (Fsp3) is 0.830. The molecule has 0 aromatic heterocycles. The highest BCUT2D eigenvalue weighted by Gasteiger charge is 2.48. The topological polar surface area (TPSA) is 178 Å². The summed E-state index contributed by atoms with van der Waals surface area (Å²) < 4.78 is 59.3. The van der Waals surface area contributed by atoms with Gasteiger partial charge in [0, 0.05) is 13.0 Å². The van der Waals surface area contributed by atoms with Crippen LogP contribution in [0, 0.1) is 0 Å². The average molecular weight is 957 g/mol. The van der Waals surface area contributed by atoms with Crippen molar-refractivity contribution in [2.75, 3.05) is 26.4 Å². The van der Waals surface area contributed by atoms with E-state index in [0.717, 1.165) is 57.8 Å². The summed E-state index contributed by atoms with van der Waals surface area (Å²) in [7, 11) is -5.07. The van der Waals surface area contributed by atoms with Gasteiger partial charge in [-0.05, 0) is 77.0 Å². The van der Waals surface area contributed by atoms with E-state index in [1.807, 2.05) is 0 Å². The van der Waals surface area contributed by atoms with Crippen LogP contribution < -0.4 is 0 Å². The molecule has 1 fully saturated rings. The van der Waals surface area contributed by atoms with Crippen molar-refractivity contribution >= 4 is 16.4 Å². The van der Waals surface area contributed by atoms with Gasteiger partial charge in [0.05, 0.1) is 19.8 Å². The maximum atomic E-state index is 12.9. The van der Waals surface area contributed by atoms with Gasteiger partial charge < -0.3 is 34.3 Å². The molecule has 1 heterocycles. The van der Waals surface area contributed by atoms with Crippen LogP contribution in [-0.2, 0) is 38.3 Å². The third kappa shape index (κ3) is 37.0. The third-order valence-corrected chi connectivity index (χ3v) is 12.4. The number of hydrogen-bond donors (Lipinski definition) is 4. The van der Waals surface area contributed by atoms with Crippen LogP contribution in [0.15, 0.2) is 48.6 Å². The van der Waals surface area contributed by atoms with Crippen molar-refractivity contribution in [2.24, 2.45) is 0 Å². The van der Waals surface area contributed by atoms with Gasteiger partial charge in [-0.15, -0.1) is 0 Å². The quantitative estimate of drug-likeness (QED) is 0.0197. The molecule has 0 radical (unpaired) electrons. The number of aliphatic hydroxyl groups excluding tert-OH is 3. The summed E-state index contributed by atoms with van der Waals surface area (Å²) in [5.41, 5.74) is 0. The zero-order chi connectivity index (χ0) is 48.2. The van der Waals surface area contributed by atoms with Gasteiger partial charge in [-0.3, -0.25) is 9.35 Å². The van der Waals surface area contributed by atoms with Gasteiger partial charge in [-0.25, -0.2) is 4.18 Å². The van der Waals surface area contributed by atoms with Crippen LogP contribution in [0.2, 0.25) is 0 Å². The van der Waals surface area contributed by atoms with Gasteiger partial charge in [0.25, 0.3) is 0 Å². The molecule has 6 atom stereocenters. The number of esters is 1. The van der Waals surface area contributed by atoms with Crippen LogP contribution in [0.25, 0.3) is 0 Å². The minimum atomic E-state index is -5.07. The lowest BCUT2D eigenvalue weighted by Crippen LogP contribution is -2.60. The fourth-order valence-corrected chi connectivity index (χ4v) is 8.42. The normalized spacial score (nSPS) is 19.9. The molecule has 6 unspecified atom stereocenters. The molecule has 0 saturated carbocycles. The van der Waals surface area contributed by atoms with Crippen LogP contribution in [-0.4, -0.2) is 97.5 Å². The molecule has 1 saturated heterocycles. The summed E-state index contributed by atoms with van der Waals surface area (Å²) in [4.78, 5) is 12.9. The van der Waals surface area contributed by atoms with E-state index in [1.165, 1.54) is 135 Å². The molecule has 0 aromatic rings. The predicted molar refractivity (Wildman–Crippen MR) is 266 cm³/mol. The molecule has 66 heavy (non-hydrogen) atoms. The maximum Gasteiger partial charge on any atom is 0.397 e. The largest absolute Gasteiger partial charge is 0.457 e. The number of ether oxygens (including phenoxy) is 4. The first-order valence-electron chi connectivity index (χ1n) is 26.4. The average Bonchev–Trinajstić information content (AvgIpc) is 3.29. The van der Waals surface area contributed by atoms with E-state index in [4.69, 9.17) is 18.9 Å². The van der Waals surface area contributed by atoms with E-state index in [1.54, 1.807) is 0 Å². The second kappa shape index (κ2) is 44.3. The smallest absolute Gasteiger partial charge is 0.397 e. The molecule has 4 N–H and O–H groups in total. The Morgan fingerprint density at radius 3 is 1.44 bits per heavy atom. The molecule has 0 aromatic carbocycles. The number of carbonyl (C=O) groups excluding carboxylic acids is 1. The first-order chi connectivity index (χ1) is 32.1. The molecule has 0 bridgehead atoms. The van der Waals surface area contributed by atoms with Crippen LogP contribution in [0.4, 0.5) is 0 Å². The van der Waals surface area contributed by atoms with Crippen LogP contribution in [0.1, 0.15) is 219 Å². The number of rotatable bonds is 46. The Morgan fingerprint density at radius 2 is 1.00 bits per heavy atom. The molecular weight excluding hydrogens is 861 g/mol. The zero-order valence-corrected chi connectivity index (χ0v) is 42.3. The van der Waals surface area contributed by atoms with Crippen molar-refractivity contribution in [3.63, 3.8) is 0 Å². The van der Waals surface area contributed by atoms with Gasteiger partial charge in [0.2, 0.25) is 0 Å². The molecule has 12 nitrogen and oxygen atoms in total. The van der Waals surface area contributed by atoms with Gasteiger partial charge in [-0.2, -0.15) is 8.42 Å². The summed E-state index contributed by atoms with van der Waals surface area (Å²) in [6, 6.07) is 0. The second-order valence-corrected chi connectivity index (χ2v) is 19.2. The number of carbonyl (C=O) groups is 1. The lowest BCUT2D eigenvalue weighted by molar-refractivity contribution is -0.301. The van der Waals surface area contributed by atoms with Gasteiger partial charge in [0.15, 0.2) is 6.29 Å². The molecule has 0 aliphatic carbocycles. The molecule has 13 heteroatoms. The summed E-state index contributed by atoms with van der Waals surface area (Å²) in [6.07, 6.45) is 45.6. The zero-order valence-electron chi connectivity index (χ0n) is 41.5. The van der Waals surface area contributed by atoms with Crippen molar-refractivity contribution < 1.29 is 56.2 Å². The van der Waals surface area contributed by atoms with E-state index in [2.05, 4.69) is 66.6 Å². The third-order valence-electron chi connectivity index (χ3n) is 11.9. The standard InChI is InChI=1S/C53H96O12S/c1-3-5-7-9-11-13-15-17-19-21-23-25-27-29-31-33-35-37-39-41-43-61-45-47(46-62-53-51(57)52(65-66(58,59)60)50(56)48(44-54)64-53)63-49(55)42-40-38-36-34-32-30-28-26-24-22-20-18-16-14-12-10-8-6-4-2/h11-14,17-20,47-48,50-54,56-57H,3-10,15-16,21-46H2,1-2H3,(H,58,59,60)/b13-11-,14-12-,19-17-,20-18-. The Kier molecular flexibility index (Phi) is 41.6. The summed E-state index contributed by atoms with van der Waals surface area (Å²) in [5, 5.41) is 30.8. The Bertz CT molecular complexity index is 1340. The highest BCUT2D eigenvalue weighted by atomic mass is 32.3. The number of allylic oxidation sites excluding steroid dienone is 8. The van der Waals surface area contributed by atoms with E-state index in [9.17, 15) is 33.1 Å². The molecule has 1 aliphatic heterocycles. The minimum Gasteiger partial charge on any atom is -0.457 e. The first-order valence-corrected chi connectivity index (χ1v) is 27.8. The van der Waals surface area contributed by atoms with Crippen molar-refractivity contribution in [2.45, 2.75) is 256 Å². The monoisotopic (exact) mass is 957 g/mol. The van der Waals surface area contributed by atoms with Crippen LogP contribution in [0.3, 0.4) is 0 Å². The molecule has 0 spiro atoms. The van der Waals surface area contributed by atoms with Crippen LogP contribution in [0.5, 0.6) is 0 Å². The second-order valence-electron chi connectivity index (χ2n) is 18.1. The maximum absolute atomic E-state index is 12.9. The summed E-state index contributed by atoms with van der Waals surface area (Å²) >= 11 is 0. The van der Waals surface area contributed by atoms with Crippen molar-refractivity contribution in [1.82, 2.24) is 0 Å². The SMILES string of the molecule is CCCCC/C=C\C/C=C\CCCCCCCCCCCCOCC(COC1OC(CO)C(O)C(OS(=O)(=O)O)C1O)OC(=O)CCCCCCCCCCC/C=C\C/C=C\CCCCC. The Hall–Kier alpha value is -1.94. The molecular formula is C53H96O12S.